The maximum atomic E-state index is 5.99. The van der Waals surface area contributed by atoms with Crippen LogP contribution in [0.15, 0.2) is 47.0 Å². The molecular formula is C15H9Cl3N2O. The summed E-state index contributed by atoms with van der Waals surface area (Å²) in [6.07, 6.45) is 0.515. The van der Waals surface area contributed by atoms with Crippen LogP contribution in [0.2, 0.25) is 15.1 Å². The van der Waals surface area contributed by atoms with E-state index in [1.165, 1.54) is 0 Å². The first-order valence-electron chi connectivity index (χ1n) is 6.14. The van der Waals surface area contributed by atoms with Crippen LogP contribution in [0.25, 0.3) is 11.5 Å². The van der Waals surface area contributed by atoms with Crippen LogP contribution in [0.3, 0.4) is 0 Å². The van der Waals surface area contributed by atoms with Gasteiger partial charge < -0.3 is 4.52 Å². The van der Waals surface area contributed by atoms with E-state index in [0.717, 1.165) is 11.1 Å². The van der Waals surface area contributed by atoms with Gasteiger partial charge in [0.25, 0.3) is 5.89 Å². The van der Waals surface area contributed by atoms with Gasteiger partial charge in [-0.2, -0.15) is 4.98 Å². The van der Waals surface area contributed by atoms with Crippen molar-refractivity contribution < 1.29 is 4.52 Å². The molecule has 0 aliphatic heterocycles. The van der Waals surface area contributed by atoms with Crippen molar-refractivity contribution in [3.63, 3.8) is 0 Å². The smallest absolute Gasteiger partial charge is 0.257 e. The van der Waals surface area contributed by atoms with Gasteiger partial charge in [-0.15, -0.1) is 0 Å². The third-order valence-corrected chi connectivity index (χ3v) is 3.86. The summed E-state index contributed by atoms with van der Waals surface area (Å²) in [6.45, 7) is 0. The van der Waals surface area contributed by atoms with Crippen LogP contribution in [0.4, 0.5) is 0 Å². The van der Waals surface area contributed by atoms with Crippen LogP contribution in [0.1, 0.15) is 11.4 Å². The lowest BCUT2D eigenvalue weighted by atomic mass is 10.1. The fraction of sp³-hybridized carbons (Fsp3) is 0.0667. The van der Waals surface area contributed by atoms with E-state index in [0.29, 0.717) is 33.2 Å². The van der Waals surface area contributed by atoms with Crippen molar-refractivity contribution in [1.29, 1.82) is 0 Å². The maximum absolute atomic E-state index is 5.99. The molecule has 3 rings (SSSR count). The van der Waals surface area contributed by atoms with Gasteiger partial charge in [-0.3, -0.25) is 0 Å². The van der Waals surface area contributed by atoms with E-state index in [1.54, 1.807) is 24.3 Å². The van der Waals surface area contributed by atoms with E-state index in [-0.39, 0.29) is 0 Å². The minimum absolute atomic E-state index is 0.438. The Morgan fingerprint density at radius 3 is 2.57 bits per heavy atom. The van der Waals surface area contributed by atoms with E-state index < -0.39 is 0 Å². The second-order valence-electron chi connectivity index (χ2n) is 4.45. The average Bonchev–Trinajstić information content (AvgIpc) is 2.91. The summed E-state index contributed by atoms with van der Waals surface area (Å²) in [6, 6.07) is 12.7. The molecule has 0 spiro atoms. The summed E-state index contributed by atoms with van der Waals surface area (Å²) in [5, 5.41) is 5.61. The molecule has 0 amide bonds. The number of hydrogen-bond acceptors (Lipinski definition) is 3. The molecule has 0 saturated heterocycles. The number of rotatable bonds is 3. The normalized spacial score (nSPS) is 10.8. The van der Waals surface area contributed by atoms with Crippen molar-refractivity contribution in [1.82, 2.24) is 10.1 Å². The van der Waals surface area contributed by atoms with Crippen molar-refractivity contribution in [2.75, 3.05) is 0 Å². The number of aromatic nitrogens is 2. The molecule has 6 heteroatoms. The Balaban J connectivity index is 1.83. The standard InChI is InChI=1S/C15H9Cl3N2O/c16-11-3-1-2-10(8-11)15-19-14(20-21-15)7-9-4-5-12(17)13(18)6-9/h1-6,8H,7H2. The third-order valence-electron chi connectivity index (χ3n) is 2.89. The lowest BCUT2D eigenvalue weighted by molar-refractivity contribution is 0.424. The van der Waals surface area contributed by atoms with Crippen LogP contribution in [-0.2, 0) is 6.42 Å². The zero-order chi connectivity index (χ0) is 14.8. The quantitative estimate of drug-likeness (QED) is 0.651. The van der Waals surface area contributed by atoms with Crippen molar-refractivity contribution in [2.45, 2.75) is 6.42 Å². The Morgan fingerprint density at radius 1 is 0.952 bits per heavy atom. The van der Waals surface area contributed by atoms with Gasteiger partial charge in [-0.1, -0.05) is 52.1 Å². The predicted molar refractivity (Wildman–Crippen MR) is 84.0 cm³/mol. The molecule has 0 fully saturated rings. The SMILES string of the molecule is Clc1cccc(-c2nc(Cc3ccc(Cl)c(Cl)c3)no2)c1. The van der Waals surface area contributed by atoms with E-state index in [1.807, 2.05) is 18.2 Å². The highest BCUT2D eigenvalue weighted by molar-refractivity contribution is 6.42. The van der Waals surface area contributed by atoms with Crippen molar-refractivity contribution in [3.05, 3.63) is 68.9 Å². The lowest BCUT2D eigenvalue weighted by Crippen LogP contribution is -1.91. The van der Waals surface area contributed by atoms with Crippen molar-refractivity contribution >= 4 is 34.8 Å². The van der Waals surface area contributed by atoms with Gasteiger partial charge in [0.1, 0.15) is 0 Å². The topological polar surface area (TPSA) is 38.9 Å². The monoisotopic (exact) mass is 338 g/mol. The first kappa shape index (κ1) is 14.4. The molecule has 0 saturated carbocycles. The molecule has 0 radical (unpaired) electrons. The molecular weight excluding hydrogens is 331 g/mol. The molecule has 2 aromatic carbocycles. The van der Waals surface area contributed by atoms with Gasteiger partial charge in [0, 0.05) is 17.0 Å². The summed E-state index contributed by atoms with van der Waals surface area (Å²) >= 11 is 17.8. The predicted octanol–water partition coefficient (Wildman–Crippen LogP) is 5.29. The number of nitrogens with zero attached hydrogens (tertiary/aromatic N) is 2. The second kappa shape index (κ2) is 6.06. The Hall–Kier alpha value is -1.55. The Kier molecular flexibility index (Phi) is 4.15. The molecule has 0 aliphatic carbocycles. The average molecular weight is 340 g/mol. The fourth-order valence-electron chi connectivity index (χ4n) is 1.90. The molecule has 0 unspecified atom stereocenters. The minimum Gasteiger partial charge on any atom is -0.334 e. The van der Waals surface area contributed by atoms with E-state index in [9.17, 15) is 0 Å². The highest BCUT2D eigenvalue weighted by atomic mass is 35.5. The zero-order valence-corrected chi connectivity index (χ0v) is 13.0. The van der Waals surface area contributed by atoms with Gasteiger partial charge in [-0.05, 0) is 35.9 Å². The Labute approximate surface area is 136 Å². The van der Waals surface area contributed by atoms with Crippen LogP contribution < -0.4 is 0 Å². The fourth-order valence-corrected chi connectivity index (χ4v) is 2.41. The number of benzene rings is 2. The van der Waals surface area contributed by atoms with Gasteiger partial charge in [-0.25, -0.2) is 0 Å². The van der Waals surface area contributed by atoms with Crippen molar-refractivity contribution in [3.8, 4) is 11.5 Å². The molecule has 0 atom stereocenters. The van der Waals surface area contributed by atoms with Gasteiger partial charge >= 0.3 is 0 Å². The molecule has 3 nitrogen and oxygen atoms in total. The molecule has 0 N–H and O–H groups in total. The molecule has 21 heavy (non-hydrogen) atoms. The Bertz CT molecular complexity index is 786. The lowest BCUT2D eigenvalue weighted by Gasteiger charge is -1.99. The Morgan fingerprint density at radius 2 is 1.81 bits per heavy atom. The summed E-state index contributed by atoms with van der Waals surface area (Å²) < 4.78 is 5.25. The van der Waals surface area contributed by atoms with E-state index in [2.05, 4.69) is 10.1 Å². The molecule has 1 heterocycles. The highest BCUT2D eigenvalue weighted by Crippen LogP contribution is 2.25. The first-order chi connectivity index (χ1) is 10.1. The molecule has 1 aromatic heterocycles. The van der Waals surface area contributed by atoms with E-state index in [4.69, 9.17) is 39.3 Å². The van der Waals surface area contributed by atoms with E-state index >= 15 is 0 Å². The molecule has 3 aromatic rings. The van der Waals surface area contributed by atoms with Crippen molar-refractivity contribution in [2.24, 2.45) is 0 Å². The number of halogens is 3. The maximum Gasteiger partial charge on any atom is 0.257 e. The first-order valence-corrected chi connectivity index (χ1v) is 7.27. The summed E-state index contributed by atoms with van der Waals surface area (Å²) in [5.41, 5.74) is 1.75. The third kappa shape index (κ3) is 3.38. The summed E-state index contributed by atoms with van der Waals surface area (Å²) in [5.74, 6) is 1.01. The van der Waals surface area contributed by atoms with Crippen LogP contribution >= 0.6 is 34.8 Å². The molecule has 106 valence electrons. The molecule has 0 aliphatic rings. The van der Waals surface area contributed by atoms with Gasteiger partial charge in [0.15, 0.2) is 5.82 Å². The second-order valence-corrected chi connectivity index (χ2v) is 5.70. The summed E-state index contributed by atoms with van der Waals surface area (Å²) in [7, 11) is 0. The summed E-state index contributed by atoms with van der Waals surface area (Å²) in [4.78, 5) is 4.36. The van der Waals surface area contributed by atoms with Crippen LogP contribution in [0, 0.1) is 0 Å². The number of hydrogen-bond donors (Lipinski definition) is 0. The van der Waals surface area contributed by atoms with Crippen LogP contribution in [-0.4, -0.2) is 10.1 Å². The zero-order valence-electron chi connectivity index (χ0n) is 10.7. The largest absolute Gasteiger partial charge is 0.334 e. The highest BCUT2D eigenvalue weighted by Gasteiger charge is 2.10. The minimum atomic E-state index is 0.438. The van der Waals surface area contributed by atoms with Crippen LogP contribution in [0.5, 0.6) is 0 Å². The van der Waals surface area contributed by atoms with Gasteiger partial charge in [0.05, 0.1) is 10.0 Å². The molecule has 0 bridgehead atoms. The van der Waals surface area contributed by atoms with Gasteiger partial charge in [0.2, 0.25) is 0 Å².